The molecule has 106 valence electrons. The lowest BCUT2D eigenvalue weighted by atomic mass is 9.99. The smallest absolute Gasteiger partial charge is 0.320 e. The lowest BCUT2D eigenvalue weighted by Crippen LogP contribution is -2.39. The Morgan fingerprint density at radius 1 is 1.28 bits per heavy atom. The van der Waals surface area contributed by atoms with Crippen LogP contribution in [0.4, 0.5) is 0 Å². The van der Waals surface area contributed by atoms with E-state index in [9.17, 15) is 9.59 Å². The molecule has 0 bridgehead atoms. The molecule has 18 heavy (non-hydrogen) atoms. The van der Waals surface area contributed by atoms with Crippen LogP contribution in [-0.2, 0) is 14.3 Å². The Bertz CT molecular complexity index is 255. The van der Waals surface area contributed by atoms with E-state index in [4.69, 9.17) is 9.84 Å². The second kappa shape index (κ2) is 9.88. The zero-order valence-electron chi connectivity index (χ0n) is 11.6. The number of aliphatic carboxylic acids is 1. The minimum atomic E-state index is -0.844. The Balaban J connectivity index is 4.17. The first kappa shape index (κ1) is 16.9. The molecule has 0 aliphatic heterocycles. The van der Waals surface area contributed by atoms with E-state index < -0.39 is 12.0 Å². The van der Waals surface area contributed by atoms with Crippen LogP contribution in [0.15, 0.2) is 0 Å². The van der Waals surface area contributed by atoms with Crippen molar-refractivity contribution < 1.29 is 19.4 Å². The van der Waals surface area contributed by atoms with Crippen LogP contribution in [0.3, 0.4) is 0 Å². The average Bonchev–Trinajstić information content (AvgIpc) is 2.29. The van der Waals surface area contributed by atoms with Crippen LogP contribution in [0.25, 0.3) is 0 Å². The molecule has 5 heteroatoms. The molecule has 0 aliphatic rings. The average molecular weight is 259 g/mol. The van der Waals surface area contributed by atoms with Crippen molar-refractivity contribution in [2.24, 2.45) is 5.92 Å². The van der Waals surface area contributed by atoms with Crippen molar-refractivity contribution in [2.45, 2.75) is 52.5 Å². The zero-order valence-corrected chi connectivity index (χ0v) is 11.6. The standard InChI is InChI=1S/C13H25NO4/c1-4-7-10(8-12(15)18-6-3)9-14-11(5-2)13(16)17/h10-11,14H,4-9H2,1-3H3,(H,16,17)/t10-,11+/m1/s1. The quantitative estimate of drug-likeness (QED) is 0.585. The molecule has 0 radical (unpaired) electrons. The maximum absolute atomic E-state index is 11.4. The normalized spacial score (nSPS) is 13.9. The molecule has 0 amide bonds. The predicted molar refractivity (Wildman–Crippen MR) is 69.4 cm³/mol. The van der Waals surface area contributed by atoms with Crippen LogP contribution in [0.2, 0.25) is 0 Å². The van der Waals surface area contributed by atoms with Crippen LogP contribution >= 0.6 is 0 Å². The highest BCUT2D eigenvalue weighted by molar-refractivity contribution is 5.73. The second-order valence-corrected chi connectivity index (χ2v) is 4.37. The van der Waals surface area contributed by atoms with E-state index in [1.807, 2.05) is 13.8 Å². The van der Waals surface area contributed by atoms with Crippen LogP contribution < -0.4 is 5.32 Å². The number of esters is 1. The number of carbonyl (C=O) groups is 2. The fraction of sp³-hybridized carbons (Fsp3) is 0.846. The predicted octanol–water partition coefficient (Wildman–Crippen LogP) is 1.81. The van der Waals surface area contributed by atoms with Crippen molar-refractivity contribution in [3.63, 3.8) is 0 Å². The van der Waals surface area contributed by atoms with Crippen LogP contribution in [0, 0.1) is 5.92 Å². The number of rotatable bonds is 10. The van der Waals surface area contributed by atoms with E-state index >= 15 is 0 Å². The zero-order chi connectivity index (χ0) is 14.0. The van der Waals surface area contributed by atoms with Gasteiger partial charge in [-0.05, 0) is 32.2 Å². The van der Waals surface area contributed by atoms with Gasteiger partial charge < -0.3 is 15.2 Å². The SMILES string of the molecule is CCC[C@@H](CN[C@@H](CC)C(=O)O)CC(=O)OCC. The summed E-state index contributed by atoms with van der Waals surface area (Å²) < 4.78 is 4.92. The highest BCUT2D eigenvalue weighted by Crippen LogP contribution is 2.12. The van der Waals surface area contributed by atoms with Crippen molar-refractivity contribution in [3.8, 4) is 0 Å². The Morgan fingerprint density at radius 2 is 1.94 bits per heavy atom. The molecule has 0 aliphatic carbocycles. The summed E-state index contributed by atoms with van der Waals surface area (Å²) in [5.41, 5.74) is 0. The van der Waals surface area contributed by atoms with Crippen LogP contribution in [0.1, 0.15) is 46.5 Å². The molecule has 0 saturated carbocycles. The molecule has 0 aromatic carbocycles. The van der Waals surface area contributed by atoms with E-state index in [-0.39, 0.29) is 11.9 Å². The summed E-state index contributed by atoms with van der Waals surface area (Å²) in [5, 5.41) is 11.9. The Morgan fingerprint density at radius 3 is 2.39 bits per heavy atom. The summed E-state index contributed by atoms with van der Waals surface area (Å²) in [6.45, 7) is 6.58. The summed E-state index contributed by atoms with van der Waals surface area (Å²) in [7, 11) is 0. The molecule has 0 unspecified atom stereocenters. The van der Waals surface area contributed by atoms with Crippen LogP contribution in [-0.4, -0.2) is 36.2 Å². The fourth-order valence-electron chi connectivity index (χ4n) is 1.86. The van der Waals surface area contributed by atoms with Gasteiger partial charge in [-0.15, -0.1) is 0 Å². The summed E-state index contributed by atoms with van der Waals surface area (Å²) in [6, 6.07) is -0.536. The third kappa shape index (κ3) is 7.27. The van der Waals surface area contributed by atoms with E-state index in [2.05, 4.69) is 5.32 Å². The minimum Gasteiger partial charge on any atom is -0.480 e. The Kier molecular flexibility index (Phi) is 9.28. The minimum absolute atomic E-state index is 0.141. The van der Waals surface area contributed by atoms with Gasteiger partial charge in [0, 0.05) is 6.42 Å². The molecule has 0 fully saturated rings. The second-order valence-electron chi connectivity index (χ2n) is 4.37. The number of carboxylic acid groups (broad SMARTS) is 1. The van der Waals surface area contributed by atoms with E-state index in [0.717, 1.165) is 12.8 Å². The first-order chi connectivity index (χ1) is 8.54. The lowest BCUT2D eigenvalue weighted by molar-refractivity contribution is -0.144. The highest BCUT2D eigenvalue weighted by atomic mass is 16.5. The monoisotopic (exact) mass is 259 g/mol. The van der Waals surface area contributed by atoms with Crippen molar-refractivity contribution in [3.05, 3.63) is 0 Å². The summed E-state index contributed by atoms with van der Waals surface area (Å²) in [6.07, 6.45) is 2.75. The fourth-order valence-corrected chi connectivity index (χ4v) is 1.86. The van der Waals surface area contributed by atoms with Crippen molar-refractivity contribution in [1.82, 2.24) is 5.32 Å². The molecule has 0 aromatic rings. The van der Waals surface area contributed by atoms with Crippen LogP contribution in [0.5, 0.6) is 0 Å². The van der Waals surface area contributed by atoms with Gasteiger partial charge in [0.05, 0.1) is 6.61 Å². The Hall–Kier alpha value is -1.10. The Labute approximate surface area is 109 Å². The molecule has 5 nitrogen and oxygen atoms in total. The molecule has 0 saturated heterocycles. The van der Waals surface area contributed by atoms with E-state index in [1.165, 1.54) is 0 Å². The number of ether oxygens (including phenoxy) is 1. The molecule has 2 N–H and O–H groups in total. The van der Waals surface area contributed by atoms with Gasteiger partial charge in [-0.2, -0.15) is 0 Å². The number of carboxylic acids is 1. The number of hydrogen-bond donors (Lipinski definition) is 2. The maximum atomic E-state index is 11.4. The van der Waals surface area contributed by atoms with Gasteiger partial charge in [0.15, 0.2) is 0 Å². The molecule has 0 rings (SSSR count). The van der Waals surface area contributed by atoms with Gasteiger partial charge in [0.1, 0.15) is 6.04 Å². The molecule has 0 aromatic heterocycles. The first-order valence-corrected chi connectivity index (χ1v) is 6.66. The molecular formula is C13H25NO4. The van der Waals surface area contributed by atoms with Gasteiger partial charge >= 0.3 is 11.9 Å². The molecule has 0 heterocycles. The van der Waals surface area contributed by atoms with Crippen molar-refractivity contribution in [2.75, 3.05) is 13.2 Å². The van der Waals surface area contributed by atoms with Crippen molar-refractivity contribution in [1.29, 1.82) is 0 Å². The van der Waals surface area contributed by atoms with Gasteiger partial charge in [0.25, 0.3) is 0 Å². The lowest BCUT2D eigenvalue weighted by Gasteiger charge is -2.19. The van der Waals surface area contributed by atoms with Gasteiger partial charge in [0.2, 0.25) is 0 Å². The van der Waals surface area contributed by atoms with Gasteiger partial charge in [-0.25, -0.2) is 0 Å². The van der Waals surface area contributed by atoms with Gasteiger partial charge in [-0.3, -0.25) is 9.59 Å². The summed E-state index contributed by atoms with van der Waals surface area (Å²) in [4.78, 5) is 22.3. The van der Waals surface area contributed by atoms with E-state index in [1.54, 1.807) is 6.92 Å². The number of nitrogens with one attached hydrogen (secondary N) is 1. The molecular weight excluding hydrogens is 234 g/mol. The largest absolute Gasteiger partial charge is 0.480 e. The van der Waals surface area contributed by atoms with Gasteiger partial charge in [-0.1, -0.05) is 20.3 Å². The summed E-state index contributed by atoms with van der Waals surface area (Å²) in [5.74, 6) is -0.910. The topological polar surface area (TPSA) is 75.6 Å². The van der Waals surface area contributed by atoms with Crippen molar-refractivity contribution >= 4 is 11.9 Å². The molecule has 0 spiro atoms. The third-order valence-corrected chi connectivity index (χ3v) is 2.82. The maximum Gasteiger partial charge on any atom is 0.320 e. The number of carbonyl (C=O) groups excluding carboxylic acids is 1. The van der Waals surface area contributed by atoms with E-state index in [0.29, 0.717) is 26.0 Å². The molecule has 2 atom stereocenters. The number of hydrogen-bond acceptors (Lipinski definition) is 4. The third-order valence-electron chi connectivity index (χ3n) is 2.82. The first-order valence-electron chi connectivity index (χ1n) is 6.66. The summed E-state index contributed by atoms with van der Waals surface area (Å²) >= 11 is 0. The highest BCUT2D eigenvalue weighted by Gasteiger charge is 2.18.